The van der Waals surface area contributed by atoms with E-state index in [1.54, 1.807) is 12.1 Å². The van der Waals surface area contributed by atoms with Crippen molar-refractivity contribution in [3.05, 3.63) is 22.2 Å². The molecule has 1 heterocycles. The van der Waals surface area contributed by atoms with Gasteiger partial charge in [0.25, 0.3) is 0 Å². The number of hydrogen-bond donors (Lipinski definition) is 1. The average Bonchev–Trinajstić information content (AvgIpc) is 2.36. The summed E-state index contributed by atoms with van der Waals surface area (Å²) in [6.45, 7) is 5.80. The maximum Gasteiger partial charge on any atom is 0.412 e. The molecule has 0 aromatic heterocycles. The highest BCUT2D eigenvalue weighted by atomic mass is 79.9. The Kier molecular flexibility index (Phi) is 4.02. The molecule has 0 saturated heterocycles. The first-order chi connectivity index (χ1) is 9.66. The van der Waals surface area contributed by atoms with Crippen LogP contribution in [0.2, 0.25) is 0 Å². The van der Waals surface area contributed by atoms with Crippen molar-refractivity contribution in [3.8, 4) is 5.75 Å². The second-order valence-electron chi connectivity index (χ2n) is 6.17. The summed E-state index contributed by atoms with van der Waals surface area (Å²) in [6, 6.07) is 2.84. The highest BCUT2D eigenvalue weighted by Gasteiger charge is 2.41. The van der Waals surface area contributed by atoms with Crippen molar-refractivity contribution in [2.45, 2.75) is 33.2 Å². The number of halogens is 1. The molecule has 1 aliphatic heterocycles. The Balaban J connectivity index is 2.65. The van der Waals surface area contributed by atoms with E-state index in [0.29, 0.717) is 21.5 Å². The molecule has 1 aromatic carbocycles. The van der Waals surface area contributed by atoms with Gasteiger partial charge in [0.1, 0.15) is 5.75 Å². The molecule has 0 spiro atoms. The minimum atomic E-state index is -1.05. The van der Waals surface area contributed by atoms with Crippen molar-refractivity contribution in [2.75, 3.05) is 12.0 Å². The molecule has 0 saturated carbocycles. The fraction of sp³-hybridized carbons (Fsp3) is 0.467. The van der Waals surface area contributed by atoms with Crippen LogP contribution in [0, 0.1) is 5.41 Å². The monoisotopic (exact) mass is 355 g/mol. The molecule has 1 unspecified atom stereocenters. The number of amides is 1. The number of carbonyl (C=O) groups is 2. The zero-order chi connectivity index (χ0) is 15.9. The van der Waals surface area contributed by atoms with Crippen LogP contribution in [0.25, 0.3) is 0 Å². The van der Waals surface area contributed by atoms with E-state index in [-0.39, 0.29) is 17.6 Å². The summed E-state index contributed by atoms with van der Waals surface area (Å²) < 4.78 is 5.81. The second kappa shape index (κ2) is 5.33. The quantitative estimate of drug-likeness (QED) is 0.828. The number of carbonyl (C=O) groups excluding carboxylic acids is 1. The molecule has 1 aliphatic rings. The van der Waals surface area contributed by atoms with Gasteiger partial charge in [0.2, 0.25) is 0 Å². The first kappa shape index (κ1) is 15.8. The fourth-order valence-electron chi connectivity index (χ4n) is 2.60. The summed E-state index contributed by atoms with van der Waals surface area (Å²) in [5.74, 6) is 0.454. The average molecular weight is 356 g/mol. The summed E-state index contributed by atoms with van der Waals surface area (Å²) in [4.78, 5) is 25.4. The third-order valence-corrected chi connectivity index (χ3v) is 4.35. The van der Waals surface area contributed by atoms with Crippen LogP contribution in [0.4, 0.5) is 10.5 Å². The van der Waals surface area contributed by atoms with Crippen LogP contribution in [-0.2, 0) is 0 Å². The van der Waals surface area contributed by atoms with Gasteiger partial charge in [-0.3, -0.25) is 9.69 Å². The molecule has 1 atom stereocenters. The summed E-state index contributed by atoms with van der Waals surface area (Å²) in [5, 5.41) is 9.59. The van der Waals surface area contributed by atoms with Crippen LogP contribution in [-0.4, -0.2) is 30.1 Å². The summed E-state index contributed by atoms with van der Waals surface area (Å²) >= 11 is 3.35. The molecule has 1 N–H and O–H groups in total. The van der Waals surface area contributed by atoms with E-state index in [4.69, 9.17) is 4.74 Å². The molecule has 114 valence electrons. The highest BCUT2D eigenvalue weighted by molar-refractivity contribution is 9.10. The van der Waals surface area contributed by atoms with Gasteiger partial charge in [0, 0.05) is 12.0 Å². The van der Waals surface area contributed by atoms with Crippen LogP contribution in [0.15, 0.2) is 16.6 Å². The molecule has 1 amide bonds. The fourth-order valence-corrected chi connectivity index (χ4v) is 3.09. The van der Waals surface area contributed by atoms with E-state index in [1.165, 1.54) is 12.0 Å². The summed E-state index contributed by atoms with van der Waals surface area (Å²) in [5.41, 5.74) is 0.460. The van der Waals surface area contributed by atoms with Gasteiger partial charge >= 0.3 is 6.09 Å². The van der Waals surface area contributed by atoms with Crippen molar-refractivity contribution >= 4 is 33.5 Å². The molecule has 6 heteroatoms. The molecule has 0 bridgehead atoms. The molecule has 0 aliphatic carbocycles. The lowest BCUT2D eigenvalue weighted by Crippen LogP contribution is -2.51. The van der Waals surface area contributed by atoms with Gasteiger partial charge in [-0.1, -0.05) is 20.8 Å². The normalized spacial score (nSPS) is 18.4. The summed E-state index contributed by atoms with van der Waals surface area (Å²) in [6.07, 6.45) is -0.881. The number of ketones is 1. The van der Waals surface area contributed by atoms with Crippen LogP contribution in [0.3, 0.4) is 0 Å². The molecule has 1 aromatic rings. The first-order valence-corrected chi connectivity index (χ1v) is 7.39. The molecular formula is C15H18BrNO4. The van der Waals surface area contributed by atoms with E-state index in [9.17, 15) is 14.7 Å². The SMILES string of the molecule is COc1cc2c(cc1Br)N(C(=O)O)C(C(C)(C)C)CC2=O. The number of hydrogen-bond acceptors (Lipinski definition) is 3. The molecule has 0 radical (unpaired) electrons. The number of rotatable bonds is 1. The number of benzene rings is 1. The topological polar surface area (TPSA) is 66.8 Å². The van der Waals surface area contributed by atoms with E-state index >= 15 is 0 Å². The molecular weight excluding hydrogens is 338 g/mol. The smallest absolute Gasteiger partial charge is 0.412 e. The number of methoxy groups -OCH3 is 1. The van der Waals surface area contributed by atoms with Crippen molar-refractivity contribution in [1.29, 1.82) is 0 Å². The molecule has 0 fully saturated rings. The standard InChI is InChI=1S/C15H18BrNO4/c1-15(2,3)13-7-11(18)8-5-12(21-4)9(16)6-10(8)17(13)14(19)20/h5-6,13H,7H2,1-4H3,(H,19,20). The summed E-state index contributed by atoms with van der Waals surface area (Å²) in [7, 11) is 1.51. The predicted molar refractivity (Wildman–Crippen MR) is 83.4 cm³/mol. The van der Waals surface area contributed by atoms with Crippen molar-refractivity contribution in [2.24, 2.45) is 5.41 Å². The van der Waals surface area contributed by atoms with E-state index in [1.807, 2.05) is 20.8 Å². The van der Waals surface area contributed by atoms with Crippen LogP contribution in [0.5, 0.6) is 5.75 Å². The molecule has 21 heavy (non-hydrogen) atoms. The van der Waals surface area contributed by atoms with E-state index in [0.717, 1.165) is 0 Å². The van der Waals surface area contributed by atoms with Gasteiger partial charge in [-0.25, -0.2) is 4.79 Å². The van der Waals surface area contributed by atoms with Crippen LogP contribution in [0.1, 0.15) is 37.6 Å². The number of anilines is 1. The van der Waals surface area contributed by atoms with Gasteiger partial charge in [-0.05, 0) is 33.5 Å². The highest BCUT2D eigenvalue weighted by Crippen LogP contribution is 2.42. The largest absolute Gasteiger partial charge is 0.496 e. The van der Waals surface area contributed by atoms with Crippen molar-refractivity contribution in [3.63, 3.8) is 0 Å². The lowest BCUT2D eigenvalue weighted by Gasteiger charge is -2.42. The van der Waals surface area contributed by atoms with Gasteiger partial charge < -0.3 is 9.84 Å². The Morgan fingerprint density at radius 1 is 1.43 bits per heavy atom. The number of ether oxygens (including phenoxy) is 1. The van der Waals surface area contributed by atoms with Gasteiger partial charge in [0.15, 0.2) is 5.78 Å². The number of fused-ring (bicyclic) bond motifs is 1. The molecule has 5 nitrogen and oxygen atoms in total. The maximum absolute atomic E-state index is 12.4. The number of carboxylic acid groups (broad SMARTS) is 1. The van der Waals surface area contributed by atoms with E-state index in [2.05, 4.69) is 15.9 Å². The second-order valence-corrected chi connectivity index (χ2v) is 7.02. The van der Waals surface area contributed by atoms with Crippen LogP contribution < -0.4 is 9.64 Å². The maximum atomic E-state index is 12.4. The van der Waals surface area contributed by atoms with Crippen LogP contribution >= 0.6 is 15.9 Å². The Bertz CT molecular complexity index is 606. The van der Waals surface area contributed by atoms with Gasteiger partial charge in [-0.15, -0.1) is 0 Å². The molecule has 2 rings (SSSR count). The third-order valence-electron chi connectivity index (χ3n) is 3.73. The lowest BCUT2D eigenvalue weighted by atomic mass is 9.79. The lowest BCUT2D eigenvalue weighted by molar-refractivity contribution is 0.0937. The van der Waals surface area contributed by atoms with Gasteiger partial charge in [-0.2, -0.15) is 0 Å². The first-order valence-electron chi connectivity index (χ1n) is 6.59. The van der Waals surface area contributed by atoms with Crippen molar-refractivity contribution in [1.82, 2.24) is 0 Å². The zero-order valence-electron chi connectivity index (χ0n) is 12.4. The van der Waals surface area contributed by atoms with Crippen molar-refractivity contribution < 1.29 is 19.4 Å². The number of nitrogens with zero attached hydrogens (tertiary/aromatic N) is 1. The minimum Gasteiger partial charge on any atom is -0.496 e. The predicted octanol–water partition coefficient (Wildman–Crippen LogP) is 3.94. The Hall–Kier alpha value is -1.56. The Morgan fingerprint density at radius 2 is 2.05 bits per heavy atom. The third kappa shape index (κ3) is 2.77. The zero-order valence-corrected chi connectivity index (χ0v) is 14.0. The van der Waals surface area contributed by atoms with Gasteiger partial charge in [0.05, 0.1) is 23.3 Å². The van der Waals surface area contributed by atoms with E-state index < -0.39 is 12.1 Å². The minimum absolute atomic E-state index is 0.0618. The Labute approximate surface area is 132 Å². The number of Topliss-reactive ketones (excluding diaryl/α,β-unsaturated/α-hetero) is 1. The Morgan fingerprint density at radius 3 is 2.52 bits per heavy atom.